The van der Waals surface area contributed by atoms with Crippen LogP contribution in [0.2, 0.25) is 0 Å². The average Bonchev–Trinajstić information content (AvgIpc) is 2.99. The topological polar surface area (TPSA) is 41.6 Å². The van der Waals surface area contributed by atoms with Gasteiger partial charge in [-0.15, -0.1) is 0 Å². The first-order valence-electron chi connectivity index (χ1n) is 7.41. The van der Waals surface area contributed by atoms with Crippen molar-refractivity contribution in [3.05, 3.63) is 24.3 Å². The monoisotopic (exact) mass is 274 g/mol. The van der Waals surface area contributed by atoms with Gasteiger partial charge in [-0.05, 0) is 24.5 Å². The molecule has 1 aromatic rings. The average molecular weight is 274 g/mol. The maximum Gasteiger partial charge on any atom is 0.232 e. The van der Waals surface area contributed by atoms with Crippen molar-refractivity contribution >= 4 is 17.3 Å². The quantitative estimate of drug-likeness (QED) is 0.901. The molecule has 1 aromatic carbocycles. The summed E-state index contributed by atoms with van der Waals surface area (Å²) in [6.45, 7) is 6.39. The normalized spacial score (nSPS) is 25.4. The first-order chi connectivity index (χ1) is 9.66. The van der Waals surface area contributed by atoms with Gasteiger partial charge in [0.15, 0.2) is 0 Å². The van der Waals surface area contributed by atoms with Gasteiger partial charge in [0.1, 0.15) is 0 Å². The molecule has 2 heterocycles. The Kier molecular flexibility index (Phi) is 3.66. The second kappa shape index (κ2) is 5.44. The van der Waals surface area contributed by atoms with Gasteiger partial charge in [-0.1, -0.05) is 26.0 Å². The van der Waals surface area contributed by atoms with Gasteiger partial charge < -0.3 is 15.0 Å². The van der Waals surface area contributed by atoms with Crippen LogP contribution in [0.3, 0.4) is 0 Å². The van der Waals surface area contributed by atoms with E-state index in [9.17, 15) is 4.79 Å². The van der Waals surface area contributed by atoms with Crippen molar-refractivity contribution in [2.24, 2.45) is 11.8 Å². The molecule has 1 amide bonds. The van der Waals surface area contributed by atoms with E-state index in [1.54, 1.807) is 0 Å². The summed E-state index contributed by atoms with van der Waals surface area (Å²) < 4.78 is 5.37. The maximum atomic E-state index is 12.7. The Bertz CT molecular complexity index is 495. The lowest BCUT2D eigenvalue weighted by Gasteiger charge is -2.38. The molecular formula is C16H22N2O2. The fourth-order valence-electron chi connectivity index (χ4n) is 2.91. The minimum absolute atomic E-state index is 0.0222. The fraction of sp³-hybridized carbons (Fsp3) is 0.562. The zero-order valence-corrected chi connectivity index (χ0v) is 12.1. The zero-order valence-electron chi connectivity index (χ0n) is 12.1. The number of carbonyl (C=O) groups excluding carboxylic acids is 1. The molecule has 3 rings (SSSR count). The number of nitrogens with one attached hydrogen (secondary N) is 1. The highest BCUT2D eigenvalue weighted by Gasteiger charge is 2.34. The number of ether oxygens (including phenoxy) is 1. The molecule has 0 aromatic heterocycles. The number of hydrogen-bond donors (Lipinski definition) is 1. The minimum atomic E-state index is 0.0222. The van der Waals surface area contributed by atoms with Gasteiger partial charge >= 0.3 is 0 Å². The Hall–Kier alpha value is -1.55. The Labute approximate surface area is 120 Å². The van der Waals surface area contributed by atoms with Gasteiger partial charge in [0.25, 0.3) is 0 Å². The van der Waals surface area contributed by atoms with Crippen LogP contribution in [0.1, 0.15) is 20.3 Å². The second-order valence-corrected chi connectivity index (χ2v) is 6.02. The van der Waals surface area contributed by atoms with E-state index in [0.717, 1.165) is 24.3 Å². The molecule has 4 nitrogen and oxygen atoms in total. The van der Waals surface area contributed by atoms with Crippen LogP contribution in [0.15, 0.2) is 24.3 Å². The van der Waals surface area contributed by atoms with Crippen LogP contribution in [0.5, 0.6) is 0 Å². The highest BCUT2D eigenvalue weighted by atomic mass is 16.5. The van der Waals surface area contributed by atoms with Crippen LogP contribution in [-0.2, 0) is 9.53 Å². The summed E-state index contributed by atoms with van der Waals surface area (Å²) in [5, 5.41) is 3.55. The summed E-state index contributed by atoms with van der Waals surface area (Å²) >= 11 is 0. The third-order valence-corrected chi connectivity index (χ3v) is 4.26. The van der Waals surface area contributed by atoms with Crippen molar-refractivity contribution < 1.29 is 9.53 Å². The third-order valence-electron chi connectivity index (χ3n) is 4.26. The highest BCUT2D eigenvalue weighted by molar-refractivity contribution is 5.99. The second-order valence-electron chi connectivity index (χ2n) is 6.02. The van der Waals surface area contributed by atoms with Crippen LogP contribution in [0, 0.1) is 11.8 Å². The molecule has 108 valence electrons. The molecule has 0 radical (unpaired) electrons. The Morgan fingerprint density at radius 2 is 2.20 bits per heavy atom. The molecule has 0 aliphatic carbocycles. The van der Waals surface area contributed by atoms with Crippen molar-refractivity contribution in [1.29, 1.82) is 0 Å². The predicted octanol–water partition coefficient (Wildman–Crippen LogP) is 2.51. The number of carbonyl (C=O) groups is 1. The number of nitrogens with zero attached hydrogens (tertiary/aromatic N) is 1. The SMILES string of the molecule is CC(C)C1CN(C(=O)C2CCOC2)c2ccccc2N1. The van der Waals surface area contributed by atoms with Crippen molar-refractivity contribution in [1.82, 2.24) is 0 Å². The molecule has 2 atom stereocenters. The summed E-state index contributed by atoms with van der Waals surface area (Å²) in [6.07, 6.45) is 0.845. The summed E-state index contributed by atoms with van der Waals surface area (Å²) in [5.41, 5.74) is 2.06. The van der Waals surface area contributed by atoms with E-state index in [1.165, 1.54) is 0 Å². The van der Waals surface area contributed by atoms with Crippen LogP contribution in [0.25, 0.3) is 0 Å². The van der Waals surface area contributed by atoms with E-state index >= 15 is 0 Å². The standard InChI is InChI=1S/C16H22N2O2/c1-11(2)14-9-18(16(19)12-7-8-20-10-12)15-6-4-3-5-13(15)17-14/h3-6,11-12,14,17H,7-10H2,1-2H3. The lowest BCUT2D eigenvalue weighted by Crippen LogP contribution is -2.49. The van der Waals surface area contributed by atoms with E-state index < -0.39 is 0 Å². The molecule has 2 unspecified atom stereocenters. The van der Waals surface area contributed by atoms with E-state index in [2.05, 4.69) is 25.2 Å². The minimum Gasteiger partial charge on any atom is -0.381 e. The van der Waals surface area contributed by atoms with Crippen LogP contribution in [-0.4, -0.2) is 31.7 Å². The zero-order chi connectivity index (χ0) is 14.1. The Morgan fingerprint density at radius 3 is 2.90 bits per heavy atom. The lowest BCUT2D eigenvalue weighted by atomic mass is 9.98. The number of hydrogen-bond acceptors (Lipinski definition) is 3. The van der Waals surface area contributed by atoms with Crippen molar-refractivity contribution in [2.45, 2.75) is 26.3 Å². The Balaban J connectivity index is 1.90. The fourth-order valence-corrected chi connectivity index (χ4v) is 2.91. The summed E-state index contributed by atoms with van der Waals surface area (Å²) in [7, 11) is 0. The van der Waals surface area contributed by atoms with Crippen molar-refractivity contribution in [3.8, 4) is 0 Å². The molecule has 2 aliphatic rings. The molecule has 1 N–H and O–H groups in total. The predicted molar refractivity (Wildman–Crippen MR) is 80.0 cm³/mol. The molecule has 0 spiro atoms. The number of rotatable bonds is 2. The van der Waals surface area contributed by atoms with Gasteiger partial charge in [-0.25, -0.2) is 0 Å². The van der Waals surface area contributed by atoms with Crippen LogP contribution >= 0.6 is 0 Å². The first-order valence-corrected chi connectivity index (χ1v) is 7.41. The third kappa shape index (κ3) is 2.40. The largest absolute Gasteiger partial charge is 0.381 e. The van der Waals surface area contributed by atoms with Gasteiger partial charge in [0.05, 0.1) is 23.9 Å². The van der Waals surface area contributed by atoms with Gasteiger partial charge in [0.2, 0.25) is 5.91 Å². The van der Waals surface area contributed by atoms with Crippen molar-refractivity contribution in [3.63, 3.8) is 0 Å². The van der Waals surface area contributed by atoms with E-state index in [-0.39, 0.29) is 11.8 Å². The number of anilines is 2. The smallest absolute Gasteiger partial charge is 0.232 e. The molecular weight excluding hydrogens is 252 g/mol. The summed E-state index contributed by atoms with van der Waals surface area (Å²) in [5.74, 6) is 0.717. The Morgan fingerprint density at radius 1 is 1.40 bits per heavy atom. The molecule has 1 fully saturated rings. The summed E-state index contributed by atoms with van der Waals surface area (Å²) in [4.78, 5) is 14.7. The van der Waals surface area contributed by atoms with E-state index in [4.69, 9.17) is 4.74 Å². The maximum absolute atomic E-state index is 12.7. The van der Waals surface area contributed by atoms with E-state index in [0.29, 0.717) is 25.2 Å². The lowest BCUT2D eigenvalue weighted by molar-refractivity contribution is -0.122. The molecule has 1 saturated heterocycles. The van der Waals surface area contributed by atoms with Gasteiger partial charge in [-0.3, -0.25) is 4.79 Å². The van der Waals surface area contributed by atoms with Crippen LogP contribution < -0.4 is 10.2 Å². The molecule has 2 aliphatic heterocycles. The van der Waals surface area contributed by atoms with E-state index in [1.807, 2.05) is 23.1 Å². The molecule has 0 bridgehead atoms. The number of amides is 1. The van der Waals surface area contributed by atoms with Crippen molar-refractivity contribution in [2.75, 3.05) is 30.0 Å². The number of benzene rings is 1. The highest BCUT2D eigenvalue weighted by Crippen LogP contribution is 2.34. The molecule has 0 saturated carbocycles. The van der Waals surface area contributed by atoms with Gasteiger partial charge in [0, 0.05) is 19.2 Å². The molecule has 4 heteroatoms. The van der Waals surface area contributed by atoms with Crippen LogP contribution in [0.4, 0.5) is 11.4 Å². The number of para-hydroxylation sites is 2. The summed E-state index contributed by atoms with van der Waals surface area (Å²) in [6, 6.07) is 8.37. The number of fused-ring (bicyclic) bond motifs is 1. The molecule has 20 heavy (non-hydrogen) atoms. The first kappa shape index (κ1) is 13.4. The van der Waals surface area contributed by atoms with Gasteiger partial charge in [-0.2, -0.15) is 0 Å².